The summed E-state index contributed by atoms with van der Waals surface area (Å²) < 4.78 is 48.5. The highest BCUT2D eigenvalue weighted by Crippen LogP contribution is 2.29. The molecule has 1 aromatic heterocycles. The number of rotatable bonds is 4. The Morgan fingerprint density at radius 3 is 2.83 bits per heavy atom. The minimum absolute atomic E-state index is 0.102. The van der Waals surface area contributed by atoms with E-state index < -0.39 is 11.3 Å². The van der Waals surface area contributed by atoms with E-state index in [1.165, 1.54) is 18.2 Å². The average molecular weight is 279 g/mol. The number of imidazole rings is 1. The molecule has 0 aliphatic rings. The Hall–Kier alpha value is -1.44. The SMILES string of the molecule is Fc1ccc2nc(NCCSC(F)(F)F)[nH]c2c1. The van der Waals surface area contributed by atoms with Gasteiger partial charge in [0, 0.05) is 12.3 Å². The molecular formula is C10H9F4N3S. The van der Waals surface area contributed by atoms with Crippen molar-refractivity contribution in [1.82, 2.24) is 9.97 Å². The summed E-state index contributed by atoms with van der Waals surface area (Å²) in [6.07, 6.45) is 0. The summed E-state index contributed by atoms with van der Waals surface area (Å²) in [6, 6.07) is 4.04. The first kappa shape index (κ1) is 13.0. The van der Waals surface area contributed by atoms with E-state index in [1.54, 1.807) is 0 Å². The number of fused-ring (bicyclic) bond motifs is 1. The molecule has 0 saturated carbocycles. The number of hydrogen-bond donors (Lipinski definition) is 2. The molecule has 0 fully saturated rings. The summed E-state index contributed by atoms with van der Waals surface area (Å²) in [5.74, 6) is -0.182. The highest BCUT2D eigenvalue weighted by Gasteiger charge is 2.27. The number of hydrogen-bond acceptors (Lipinski definition) is 3. The summed E-state index contributed by atoms with van der Waals surface area (Å²) in [4.78, 5) is 6.85. The number of aromatic nitrogens is 2. The lowest BCUT2D eigenvalue weighted by atomic mass is 10.3. The monoisotopic (exact) mass is 279 g/mol. The molecule has 2 N–H and O–H groups in total. The molecule has 2 rings (SSSR count). The maximum Gasteiger partial charge on any atom is 0.441 e. The van der Waals surface area contributed by atoms with Gasteiger partial charge in [0.05, 0.1) is 11.0 Å². The smallest absolute Gasteiger partial charge is 0.355 e. The molecule has 0 saturated heterocycles. The van der Waals surface area contributed by atoms with Crippen LogP contribution in [0, 0.1) is 5.82 Å². The molecule has 2 aromatic rings. The molecule has 1 aromatic carbocycles. The van der Waals surface area contributed by atoms with Crippen molar-refractivity contribution in [3.63, 3.8) is 0 Å². The lowest BCUT2D eigenvalue weighted by Gasteiger charge is -2.05. The first-order valence-corrected chi connectivity index (χ1v) is 6.02. The highest BCUT2D eigenvalue weighted by atomic mass is 32.2. The van der Waals surface area contributed by atoms with Gasteiger partial charge in [0.15, 0.2) is 0 Å². The molecule has 0 spiro atoms. The molecule has 0 radical (unpaired) electrons. The minimum atomic E-state index is -4.22. The van der Waals surface area contributed by atoms with Gasteiger partial charge >= 0.3 is 5.51 Å². The summed E-state index contributed by atoms with van der Waals surface area (Å²) in [6.45, 7) is 0.118. The summed E-state index contributed by atoms with van der Waals surface area (Å²) in [5, 5.41) is 2.72. The molecular weight excluding hydrogens is 270 g/mol. The van der Waals surface area contributed by atoms with E-state index in [0.717, 1.165) is 0 Å². The Labute approximate surface area is 104 Å². The number of nitrogens with zero attached hydrogens (tertiary/aromatic N) is 1. The summed E-state index contributed by atoms with van der Waals surface area (Å²) in [5.41, 5.74) is -3.16. The van der Waals surface area contributed by atoms with E-state index in [2.05, 4.69) is 15.3 Å². The number of nitrogens with one attached hydrogen (secondary N) is 2. The first-order chi connectivity index (χ1) is 8.44. The normalized spacial score (nSPS) is 12.0. The van der Waals surface area contributed by atoms with Crippen molar-refractivity contribution in [1.29, 1.82) is 0 Å². The molecule has 3 nitrogen and oxygen atoms in total. The molecule has 8 heteroatoms. The van der Waals surface area contributed by atoms with Crippen molar-refractivity contribution < 1.29 is 17.6 Å². The van der Waals surface area contributed by atoms with Crippen LogP contribution in [0.1, 0.15) is 0 Å². The Bertz CT molecular complexity index is 537. The van der Waals surface area contributed by atoms with Crippen LogP contribution in [0.4, 0.5) is 23.5 Å². The second kappa shape index (κ2) is 5.05. The van der Waals surface area contributed by atoms with E-state index in [4.69, 9.17) is 0 Å². The number of anilines is 1. The van der Waals surface area contributed by atoms with Crippen LogP contribution in [-0.4, -0.2) is 27.8 Å². The quantitative estimate of drug-likeness (QED) is 0.666. The molecule has 0 unspecified atom stereocenters. The van der Waals surface area contributed by atoms with Crippen LogP contribution in [0.15, 0.2) is 18.2 Å². The van der Waals surface area contributed by atoms with Crippen LogP contribution in [0.3, 0.4) is 0 Å². The largest absolute Gasteiger partial charge is 0.441 e. The summed E-state index contributed by atoms with van der Waals surface area (Å²) in [7, 11) is 0. The van der Waals surface area contributed by atoms with Gasteiger partial charge in [-0.05, 0) is 30.0 Å². The van der Waals surface area contributed by atoms with Crippen LogP contribution >= 0.6 is 11.8 Å². The third kappa shape index (κ3) is 3.52. The average Bonchev–Trinajstić information content (AvgIpc) is 2.65. The van der Waals surface area contributed by atoms with Crippen LogP contribution < -0.4 is 5.32 Å². The topological polar surface area (TPSA) is 40.7 Å². The fourth-order valence-electron chi connectivity index (χ4n) is 1.40. The van der Waals surface area contributed by atoms with Gasteiger partial charge in [0.1, 0.15) is 5.82 Å². The first-order valence-electron chi connectivity index (χ1n) is 5.04. The Morgan fingerprint density at radius 1 is 1.33 bits per heavy atom. The number of benzene rings is 1. The van der Waals surface area contributed by atoms with Gasteiger partial charge in [-0.25, -0.2) is 9.37 Å². The maximum atomic E-state index is 12.9. The zero-order valence-corrected chi connectivity index (χ0v) is 9.83. The van der Waals surface area contributed by atoms with Crippen LogP contribution in [-0.2, 0) is 0 Å². The predicted octanol–water partition coefficient (Wildman–Crippen LogP) is 3.37. The molecule has 0 atom stereocenters. The second-order valence-electron chi connectivity index (χ2n) is 3.47. The molecule has 0 amide bonds. The molecule has 1 heterocycles. The Morgan fingerprint density at radius 2 is 2.11 bits per heavy atom. The van der Waals surface area contributed by atoms with Gasteiger partial charge in [-0.15, -0.1) is 0 Å². The van der Waals surface area contributed by atoms with Gasteiger partial charge in [-0.1, -0.05) is 0 Å². The van der Waals surface area contributed by atoms with Crippen LogP contribution in [0.25, 0.3) is 11.0 Å². The van der Waals surface area contributed by atoms with E-state index >= 15 is 0 Å². The Balaban J connectivity index is 1.92. The van der Waals surface area contributed by atoms with E-state index in [1.807, 2.05) is 0 Å². The van der Waals surface area contributed by atoms with Crippen molar-refractivity contribution in [3.8, 4) is 0 Å². The van der Waals surface area contributed by atoms with Gasteiger partial charge in [0.2, 0.25) is 5.95 Å². The van der Waals surface area contributed by atoms with Gasteiger partial charge in [-0.2, -0.15) is 13.2 Å². The molecule has 0 bridgehead atoms. The number of halogens is 4. The van der Waals surface area contributed by atoms with E-state index in [-0.39, 0.29) is 24.1 Å². The lowest BCUT2D eigenvalue weighted by molar-refractivity contribution is -0.0327. The Kier molecular flexibility index (Phi) is 3.65. The molecule has 0 aliphatic heterocycles. The predicted molar refractivity (Wildman–Crippen MR) is 63.1 cm³/mol. The van der Waals surface area contributed by atoms with E-state index in [0.29, 0.717) is 17.0 Å². The fourth-order valence-corrected chi connectivity index (χ4v) is 1.84. The van der Waals surface area contributed by atoms with Gasteiger partial charge in [-0.3, -0.25) is 0 Å². The maximum absolute atomic E-state index is 12.9. The second-order valence-corrected chi connectivity index (χ2v) is 4.63. The van der Waals surface area contributed by atoms with Crippen molar-refractivity contribution in [2.45, 2.75) is 5.51 Å². The number of H-pyrrole nitrogens is 1. The lowest BCUT2D eigenvalue weighted by Crippen LogP contribution is -2.10. The minimum Gasteiger partial charge on any atom is -0.355 e. The molecule has 0 aliphatic carbocycles. The number of alkyl halides is 3. The van der Waals surface area contributed by atoms with Crippen LogP contribution in [0.5, 0.6) is 0 Å². The highest BCUT2D eigenvalue weighted by molar-refractivity contribution is 8.00. The third-order valence-corrected chi connectivity index (χ3v) is 2.84. The summed E-state index contributed by atoms with van der Waals surface area (Å²) >= 11 is -0.102. The molecule has 18 heavy (non-hydrogen) atoms. The van der Waals surface area contributed by atoms with Crippen LogP contribution in [0.2, 0.25) is 0 Å². The molecule has 98 valence electrons. The zero-order chi connectivity index (χ0) is 13.2. The zero-order valence-electron chi connectivity index (χ0n) is 9.01. The fraction of sp³-hybridized carbons (Fsp3) is 0.300. The van der Waals surface area contributed by atoms with Crippen molar-refractivity contribution in [2.75, 3.05) is 17.6 Å². The van der Waals surface area contributed by atoms with Gasteiger partial charge < -0.3 is 10.3 Å². The number of aromatic amines is 1. The third-order valence-electron chi connectivity index (χ3n) is 2.10. The van der Waals surface area contributed by atoms with Crippen molar-refractivity contribution in [2.24, 2.45) is 0 Å². The van der Waals surface area contributed by atoms with Gasteiger partial charge in [0.25, 0.3) is 0 Å². The van der Waals surface area contributed by atoms with Crippen molar-refractivity contribution >= 4 is 28.7 Å². The van der Waals surface area contributed by atoms with Crippen molar-refractivity contribution in [3.05, 3.63) is 24.0 Å². The number of thioether (sulfide) groups is 1. The van der Waals surface area contributed by atoms with E-state index in [9.17, 15) is 17.6 Å². The standard InChI is InChI=1S/C10H9F4N3S/c11-6-1-2-7-8(5-6)17-9(16-7)15-3-4-18-10(12,13)14/h1-2,5H,3-4H2,(H2,15,16,17).